The molecule has 0 aliphatic rings. The van der Waals surface area contributed by atoms with E-state index in [1.807, 2.05) is 0 Å². The summed E-state index contributed by atoms with van der Waals surface area (Å²) in [6.45, 7) is 1.05. The standard InChI is InChI=1S/C10H6ClF3O3/c1-5(16)8-3-7(11)2-6(4-15)9(8)17-10(12,13)14/h2-4H,1H3. The van der Waals surface area contributed by atoms with Crippen molar-refractivity contribution in [1.29, 1.82) is 0 Å². The molecule has 1 aromatic carbocycles. The molecule has 7 heteroatoms. The highest BCUT2D eigenvalue weighted by atomic mass is 35.5. The Morgan fingerprint density at radius 3 is 2.41 bits per heavy atom. The molecule has 0 aliphatic heterocycles. The van der Waals surface area contributed by atoms with Crippen molar-refractivity contribution in [3.05, 3.63) is 28.3 Å². The number of alkyl halides is 3. The number of carbonyl (C=O) groups is 2. The first kappa shape index (κ1) is 13.5. The lowest BCUT2D eigenvalue weighted by atomic mass is 10.1. The number of hydrogen-bond acceptors (Lipinski definition) is 3. The van der Waals surface area contributed by atoms with Gasteiger partial charge in [-0.1, -0.05) is 11.6 Å². The molecular weight excluding hydrogens is 261 g/mol. The van der Waals surface area contributed by atoms with Gasteiger partial charge in [-0.2, -0.15) is 0 Å². The van der Waals surface area contributed by atoms with Crippen LogP contribution in [0.1, 0.15) is 27.6 Å². The van der Waals surface area contributed by atoms with Gasteiger partial charge in [0.1, 0.15) is 0 Å². The van der Waals surface area contributed by atoms with E-state index < -0.39 is 29.0 Å². The minimum atomic E-state index is -4.99. The minimum Gasteiger partial charge on any atom is -0.404 e. The summed E-state index contributed by atoms with van der Waals surface area (Å²) in [5, 5.41) is -0.0215. The van der Waals surface area contributed by atoms with Crippen LogP contribution in [0, 0.1) is 0 Å². The van der Waals surface area contributed by atoms with Crippen LogP contribution in [0.15, 0.2) is 12.1 Å². The van der Waals surface area contributed by atoms with Crippen LogP contribution in [-0.2, 0) is 0 Å². The van der Waals surface area contributed by atoms with Gasteiger partial charge in [-0.05, 0) is 19.1 Å². The van der Waals surface area contributed by atoms with Crippen molar-refractivity contribution < 1.29 is 27.5 Å². The number of benzene rings is 1. The van der Waals surface area contributed by atoms with Crippen LogP contribution in [0.2, 0.25) is 5.02 Å². The Kier molecular flexibility index (Phi) is 3.77. The third-order valence-electron chi connectivity index (χ3n) is 1.81. The van der Waals surface area contributed by atoms with Gasteiger partial charge in [0.2, 0.25) is 0 Å². The highest BCUT2D eigenvalue weighted by Gasteiger charge is 2.34. The first-order chi connectivity index (χ1) is 7.74. The molecule has 1 aromatic rings. The molecule has 0 N–H and O–H groups in total. The Morgan fingerprint density at radius 1 is 1.41 bits per heavy atom. The second-order valence-corrected chi connectivity index (χ2v) is 3.53. The third-order valence-corrected chi connectivity index (χ3v) is 2.02. The number of Topliss-reactive ketones (excluding diaryl/α,β-unsaturated/α-hetero) is 1. The van der Waals surface area contributed by atoms with Crippen LogP contribution in [0.5, 0.6) is 5.75 Å². The van der Waals surface area contributed by atoms with E-state index in [4.69, 9.17) is 11.6 Å². The molecule has 0 radical (unpaired) electrons. The smallest absolute Gasteiger partial charge is 0.404 e. The monoisotopic (exact) mass is 266 g/mol. The SMILES string of the molecule is CC(=O)c1cc(Cl)cc(C=O)c1OC(F)(F)F. The maximum Gasteiger partial charge on any atom is 0.573 e. The fraction of sp³-hybridized carbons (Fsp3) is 0.200. The van der Waals surface area contributed by atoms with Crippen molar-refractivity contribution in [2.75, 3.05) is 0 Å². The molecule has 17 heavy (non-hydrogen) atoms. The minimum absolute atomic E-state index is 0.0215. The van der Waals surface area contributed by atoms with E-state index in [0.717, 1.165) is 19.1 Å². The average Bonchev–Trinajstić information content (AvgIpc) is 2.17. The van der Waals surface area contributed by atoms with Gasteiger partial charge >= 0.3 is 6.36 Å². The van der Waals surface area contributed by atoms with Gasteiger partial charge in [0.15, 0.2) is 17.8 Å². The molecule has 0 unspecified atom stereocenters. The van der Waals surface area contributed by atoms with Crippen LogP contribution < -0.4 is 4.74 Å². The second-order valence-electron chi connectivity index (χ2n) is 3.09. The molecule has 3 nitrogen and oxygen atoms in total. The summed E-state index contributed by atoms with van der Waals surface area (Å²) in [6.07, 6.45) is -4.85. The molecule has 0 bridgehead atoms. The maximum atomic E-state index is 12.1. The van der Waals surface area contributed by atoms with Crippen LogP contribution in [0.4, 0.5) is 13.2 Å². The third kappa shape index (κ3) is 3.45. The molecule has 0 saturated carbocycles. The number of carbonyl (C=O) groups excluding carboxylic acids is 2. The fourth-order valence-electron chi connectivity index (χ4n) is 1.19. The Hall–Kier alpha value is -1.56. The van der Waals surface area contributed by atoms with Gasteiger partial charge < -0.3 is 4.74 Å². The van der Waals surface area contributed by atoms with Crippen molar-refractivity contribution in [3.8, 4) is 5.75 Å². The van der Waals surface area contributed by atoms with Gasteiger partial charge in [0, 0.05) is 5.02 Å². The van der Waals surface area contributed by atoms with Crippen molar-refractivity contribution in [1.82, 2.24) is 0 Å². The highest BCUT2D eigenvalue weighted by molar-refractivity contribution is 6.31. The fourth-order valence-corrected chi connectivity index (χ4v) is 1.42. The number of ether oxygens (including phenoxy) is 1. The molecule has 0 atom stereocenters. The zero-order valence-electron chi connectivity index (χ0n) is 8.47. The molecule has 0 aliphatic carbocycles. The Morgan fingerprint density at radius 2 is 2.00 bits per heavy atom. The quantitative estimate of drug-likeness (QED) is 0.623. The van der Waals surface area contributed by atoms with Gasteiger partial charge in [-0.3, -0.25) is 9.59 Å². The van der Waals surface area contributed by atoms with Crippen LogP contribution in [0.3, 0.4) is 0 Å². The zero-order chi connectivity index (χ0) is 13.2. The normalized spacial score (nSPS) is 11.1. The zero-order valence-corrected chi connectivity index (χ0v) is 9.22. The predicted octanol–water partition coefficient (Wildman–Crippen LogP) is 3.25. The van der Waals surface area contributed by atoms with Crippen molar-refractivity contribution >= 4 is 23.7 Å². The van der Waals surface area contributed by atoms with Crippen molar-refractivity contribution in [3.63, 3.8) is 0 Å². The molecule has 92 valence electrons. The number of halogens is 4. The van der Waals surface area contributed by atoms with Gasteiger partial charge in [0.05, 0.1) is 11.1 Å². The number of hydrogen-bond donors (Lipinski definition) is 0. The van der Waals surface area contributed by atoms with E-state index in [9.17, 15) is 22.8 Å². The summed E-state index contributed by atoms with van der Waals surface area (Å²) < 4.78 is 40.0. The van der Waals surface area contributed by atoms with Crippen LogP contribution in [-0.4, -0.2) is 18.4 Å². The van der Waals surface area contributed by atoms with Crippen LogP contribution in [0.25, 0.3) is 0 Å². The lowest BCUT2D eigenvalue weighted by Crippen LogP contribution is -2.20. The van der Waals surface area contributed by atoms with Gasteiger partial charge in [-0.15, -0.1) is 13.2 Å². The first-order valence-corrected chi connectivity index (χ1v) is 4.68. The molecule has 0 fully saturated rings. The predicted molar refractivity (Wildman–Crippen MR) is 53.5 cm³/mol. The summed E-state index contributed by atoms with van der Waals surface area (Å²) >= 11 is 5.57. The van der Waals surface area contributed by atoms with Crippen LogP contribution >= 0.6 is 11.6 Å². The summed E-state index contributed by atoms with van der Waals surface area (Å²) in [5.41, 5.74) is -0.822. The van der Waals surface area contributed by atoms with Gasteiger partial charge in [-0.25, -0.2) is 0 Å². The Balaban J connectivity index is 3.42. The lowest BCUT2D eigenvalue weighted by Gasteiger charge is -2.14. The number of ketones is 1. The number of aldehydes is 1. The Labute approximate surface area is 99.1 Å². The molecule has 0 aromatic heterocycles. The second kappa shape index (κ2) is 4.75. The molecular formula is C10H6ClF3O3. The highest BCUT2D eigenvalue weighted by Crippen LogP contribution is 2.32. The first-order valence-electron chi connectivity index (χ1n) is 4.30. The van der Waals surface area contributed by atoms with E-state index >= 15 is 0 Å². The van der Waals surface area contributed by atoms with Gasteiger partial charge in [0.25, 0.3) is 0 Å². The van der Waals surface area contributed by atoms with E-state index in [1.165, 1.54) is 0 Å². The lowest BCUT2D eigenvalue weighted by molar-refractivity contribution is -0.274. The van der Waals surface area contributed by atoms with E-state index in [-0.39, 0.29) is 11.3 Å². The number of rotatable bonds is 3. The molecule has 0 heterocycles. The van der Waals surface area contributed by atoms with Crippen molar-refractivity contribution in [2.45, 2.75) is 13.3 Å². The van der Waals surface area contributed by atoms with E-state index in [2.05, 4.69) is 4.74 Å². The summed E-state index contributed by atoms with van der Waals surface area (Å²) in [7, 11) is 0. The summed E-state index contributed by atoms with van der Waals surface area (Å²) in [5.74, 6) is -1.51. The van der Waals surface area contributed by atoms with Crippen molar-refractivity contribution in [2.24, 2.45) is 0 Å². The van der Waals surface area contributed by atoms with E-state index in [1.54, 1.807) is 0 Å². The molecule has 0 amide bonds. The molecule has 0 spiro atoms. The molecule has 1 rings (SSSR count). The summed E-state index contributed by atoms with van der Waals surface area (Å²) in [4.78, 5) is 21.8. The average molecular weight is 267 g/mol. The largest absolute Gasteiger partial charge is 0.573 e. The molecule has 0 saturated heterocycles. The van der Waals surface area contributed by atoms with E-state index in [0.29, 0.717) is 0 Å². The Bertz CT molecular complexity index is 469. The summed E-state index contributed by atoms with van der Waals surface area (Å²) in [6, 6.07) is 2.00. The maximum absolute atomic E-state index is 12.1. The topological polar surface area (TPSA) is 43.4 Å².